The van der Waals surface area contributed by atoms with Crippen LogP contribution in [-0.2, 0) is 42.7 Å². The van der Waals surface area contributed by atoms with E-state index in [4.69, 9.17) is 33.2 Å². The molecule has 16 atom stereocenters. The van der Waals surface area contributed by atoms with Gasteiger partial charge < -0.3 is 83.9 Å². The van der Waals surface area contributed by atoms with Crippen molar-refractivity contribution >= 4 is 5.97 Å². The van der Waals surface area contributed by atoms with Crippen molar-refractivity contribution in [1.82, 2.24) is 0 Å². The molecular weight excluding hydrogens is 552 g/mol. The number of hydrogen-bond donors (Lipinski definition) is 9. The minimum atomic E-state index is -1.88. The SMILES string of the molecule is COC(=O)C1(C)OC[C@H]2O[C@@H](OC[C@H]3O[C@H](O[C@H]4O[C@H](CO)[C@@H](O)[C@H](O)[C@H]4O)[C@H](O)[C@@H](O)[C@@H]3O)[C@H](O)[C@@H](O)[C@@H]2O1. The Morgan fingerprint density at radius 3 is 1.90 bits per heavy atom. The lowest BCUT2D eigenvalue weighted by molar-refractivity contribution is -0.391. The van der Waals surface area contributed by atoms with Crippen LogP contribution in [0.5, 0.6) is 0 Å². The van der Waals surface area contributed by atoms with Crippen LogP contribution in [-0.4, -0.2) is 177 Å². The van der Waals surface area contributed by atoms with E-state index in [1.54, 1.807) is 0 Å². The fourth-order valence-corrected chi connectivity index (χ4v) is 4.82. The minimum absolute atomic E-state index is 0.248. The van der Waals surface area contributed by atoms with Crippen LogP contribution >= 0.6 is 0 Å². The predicted molar refractivity (Wildman–Crippen MR) is 119 cm³/mol. The lowest BCUT2D eigenvalue weighted by atomic mass is 9.97. The highest BCUT2D eigenvalue weighted by Gasteiger charge is 2.55. The zero-order valence-corrected chi connectivity index (χ0v) is 21.5. The first-order chi connectivity index (χ1) is 18.8. The first-order valence-corrected chi connectivity index (χ1v) is 12.5. The van der Waals surface area contributed by atoms with Gasteiger partial charge in [-0.3, -0.25) is 0 Å². The van der Waals surface area contributed by atoms with Crippen molar-refractivity contribution in [2.45, 2.75) is 105 Å². The van der Waals surface area contributed by atoms with Gasteiger partial charge in [-0.05, 0) is 0 Å². The summed E-state index contributed by atoms with van der Waals surface area (Å²) in [5.41, 5.74) is 0. The average Bonchev–Trinajstić information content (AvgIpc) is 2.94. The number of fused-ring (bicyclic) bond motifs is 1. The molecular formula is C22H36O18. The number of esters is 1. The summed E-state index contributed by atoms with van der Waals surface area (Å²) in [6.07, 6.45) is -24.0. The van der Waals surface area contributed by atoms with Gasteiger partial charge in [-0.25, -0.2) is 4.79 Å². The molecule has 0 amide bonds. The first kappa shape index (κ1) is 31.8. The summed E-state index contributed by atoms with van der Waals surface area (Å²) in [5.74, 6) is -2.71. The second kappa shape index (κ2) is 12.6. The Hall–Kier alpha value is -1.17. The quantitative estimate of drug-likeness (QED) is 0.125. The molecule has 232 valence electrons. The smallest absolute Gasteiger partial charge is 0.366 e. The molecule has 0 aromatic carbocycles. The Labute approximate surface area is 227 Å². The maximum atomic E-state index is 12.0. The molecule has 4 heterocycles. The summed E-state index contributed by atoms with van der Waals surface area (Å²) in [7, 11) is 1.12. The topological polar surface area (TPSA) is 273 Å². The van der Waals surface area contributed by atoms with Gasteiger partial charge in [0.15, 0.2) is 18.9 Å². The van der Waals surface area contributed by atoms with E-state index in [0.29, 0.717) is 0 Å². The van der Waals surface area contributed by atoms with E-state index >= 15 is 0 Å². The molecule has 4 saturated heterocycles. The summed E-state index contributed by atoms with van der Waals surface area (Å²) in [4.78, 5) is 12.0. The van der Waals surface area contributed by atoms with Gasteiger partial charge in [-0.1, -0.05) is 0 Å². The standard InChI is InChI=1S/C22H36O18/c1-22(21(32)33-2)35-5-8-17(40-22)13(28)16(31)18(38-8)34-4-7-10(25)12(27)15(30)20(37-7)39-19-14(29)11(26)9(24)6(3-23)36-19/h6-20,23-31H,3-5H2,1-2H3/t6-,7-,8-,9-,10-,11+,12+,13-,14-,15-,16-,17-,18-,19-,20-,22?/m1/s1. The van der Waals surface area contributed by atoms with Crippen LogP contribution < -0.4 is 0 Å². The number of rotatable bonds is 7. The summed E-state index contributed by atoms with van der Waals surface area (Å²) in [6.45, 7) is -0.303. The molecule has 0 aromatic heterocycles. The minimum Gasteiger partial charge on any atom is -0.465 e. The Morgan fingerprint density at radius 1 is 0.775 bits per heavy atom. The summed E-state index contributed by atoms with van der Waals surface area (Å²) in [5, 5.41) is 91.7. The Kier molecular flexibility index (Phi) is 10.00. The van der Waals surface area contributed by atoms with Crippen molar-refractivity contribution in [3.8, 4) is 0 Å². The van der Waals surface area contributed by atoms with Gasteiger partial charge in [-0.2, -0.15) is 0 Å². The van der Waals surface area contributed by atoms with E-state index in [-0.39, 0.29) is 6.61 Å². The molecule has 0 radical (unpaired) electrons. The van der Waals surface area contributed by atoms with E-state index in [9.17, 15) is 50.8 Å². The highest BCUT2D eigenvalue weighted by atomic mass is 16.8. The molecule has 0 saturated carbocycles. The average molecular weight is 589 g/mol. The van der Waals surface area contributed by atoms with Gasteiger partial charge in [0.25, 0.3) is 5.79 Å². The van der Waals surface area contributed by atoms with E-state index in [0.717, 1.165) is 7.11 Å². The Bertz CT molecular complexity index is 860. The maximum Gasteiger partial charge on any atom is 0.366 e. The summed E-state index contributed by atoms with van der Waals surface area (Å²) < 4.78 is 42.7. The van der Waals surface area contributed by atoms with Gasteiger partial charge in [0.05, 0.1) is 26.9 Å². The number of methoxy groups -OCH3 is 1. The molecule has 18 nitrogen and oxygen atoms in total. The molecule has 18 heteroatoms. The summed E-state index contributed by atoms with van der Waals surface area (Å²) in [6, 6.07) is 0. The molecule has 0 aromatic rings. The maximum absolute atomic E-state index is 12.0. The van der Waals surface area contributed by atoms with Crippen LogP contribution in [0, 0.1) is 0 Å². The molecule has 9 N–H and O–H groups in total. The van der Waals surface area contributed by atoms with Crippen molar-refractivity contribution in [3.63, 3.8) is 0 Å². The largest absolute Gasteiger partial charge is 0.465 e. The molecule has 1 unspecified atom stereocenters. The molecule has 4 fully saturated rings. The molecule has 4 rings (SSSR count). The molecule has 40 heavy (non-hydrogen) atoms. The highest BCUT2D eigenvalue weighted by Crippen LogP contribution is 2.34. The van der Waals surface area contributed by atoms with Gasteiger partial charge in [0.1, 0.15) is 73.2 Å². The van der Waals surface area contributed by atoms with Crippen molar-refractivity contribution in [2.24, 2.45) is 0 Å². The Morgan fingerprint density at radius 2 is 1.32 bits per heavy atom. The number of aliphatic hydroxyl groups excluding tert-OH is 9. The number of hydrogen-bond acceptors (Lipinski definition) is 18. The molecule has 0 aliphatic carbocycles. The van der Waals surface area contributed by atoms with Crippen molar-refractivity contribution in [2.75, 3.05) is 26.9 Å². The monoisotopic (exact) mass is 588 g/mol. The molecule has 4 aliphatic heterocycles. The third kappa shape index (κ3) is 5.99. The molecule has 0 bridgehead atoms. The van der Waals surface area contributed by atoms with Crippen molar-refractivity contribution in [3.05, 3.63) is 0 Å². The van der Waals surface area contributed by atoms with E-state index in [1.165, 1.54) is 6.92 Å². The lowest BCUT2D eigenvalue weighted by Crippen LogP contribution is -2.67. The zero-order valence-electron chi connectivity index (χ0n) is 21.5. The van der Waals surface area contributed by atoms with Crippen LogP contribution in [0.1, 0.15) is 6.92 Å². The second-order valence-corrected chi connectivity index (χ2v) is 10.0. The van der Waals surface area contributed by atoms with E-state index in [1.807, 2.05) is 0 Å². The van der Waals surface area contributed by atoms with Crippen LogP contribution in [0.15, 0.2) is 0 Å². The number of carbonyl (C=O) groups excluding carboxylic acids is 1. The lowest BCUT2D eigenvalue weighted by Gasteiger charge is -2.48. The van der Waals surface area contributed by atoms with E-state index in [2.05, 4.69) is 4.74 Å². The van der Waals surface area contributed by atoms with Crippen molar-refractivity contribution in [1.29, 1.82) is 0 Å². The van der Waals surface area contributed by atoms with E-state index < -0.39 is 117 Å². The fourth-order valence-electron chi connectivity index (χ4n) is 4.82. The zero-order chi connectivity index (χ0) is 29.5. The predicted octanol–water partition coefficient (Wildman–Crippen LogP) is -6.62. The van der Waals surface area contributed by atoms with Crippen LogP contribution in [0.25, 0.3) is 0 Å². The van der Waals surface area contributed by atoms with Crippen LogP contribution in [0.3, 0.4) is 0 Å². The van der Waals surface area contributed by atoms with Gasteiger partial charge in [0.2, 0.25) is 0 Å². The highest BCUT2D eigenvalue weighted by molar-refractivity contribution is 5.77. The van der Waals surface area contributed by atoms with Gasteiger partial charge in [0, 0.05) is 6.92 Å². The van der Waals surface area contributed by atoms with Gasteiger partial charge in [-0.15, -0.1) is 0 Å². The number of ether oxygens (including phenoxy) is 8. The normalized spacial score (nSPS) is 51.6. The third-order valence-electron chi connectivity index (χ3n) is 7.29. The van der Waals surface area contributed by atoms with Crippen LogP contribution in [0.2, 0.25) is 0 Å². The molecule has 0 spiro atoms. The first-order valence-electron chi connectivity index (χ1n) is 12.5. The fraction of sp³-hybridized carbons (Fsp3) is 0.955. The second-order valence-electron chi connectivity index (χ2n) is 10.0. The van der Waals surface area contributed by atoms with Crippen LogP contribution in [0.4, 0.5) is 0 Å². The van der Waals surface area contributed by atoms with Gasteiger partial charge >= 0.3 is 5.97 Å². The molecule has 4 aliphatic rings. The number of aliphatic hydroxyl groups is 9. The number of carbonyl (C=O) groups is 1. The Balaban J connectivity index is 1.38. The van der Waals surface area contributed by atoms with Crippen molar-refractivity contribution < 1.29 is 88.6 Å². The summed E-state index contributed by atoms with van der Waals surface area (Å²) >= 11 is 0. The third-order valence-corrected chi connectivity index (χ3v) is 7.29.